The quantitative estimate of drug-likeness (QED) is 0.369. The number of anilines is 2. The van der Waals surface area contributed by atoms with E-state index in [-0.39, 0.29) is 23.9 Å². The number of urea groups is 1. The second kappa shape index (κ2) is 11.9. The predicted molar refractivity (Wildman–Crippen MR) is 147 cm³/mol. The second-order valence-electron chi connectivity index (χ2n) is 10.2. The van der Waals surface area contributed by atoms with Crippen LogP contribution in [0.4, 0.5) is 16.3 Å². The summed E-state index contributed by atoms with van der Waals surface area (Å²) in [4.78, 5) is 27.8. The summed E-state index contributed by atoms with van der Waals surface area (Å²) in [5.41, 5.74) is 4.58. The van der Waals surface area contributed by atoms with Crippen molar-refractivity contribution in [3.05, 3.63) is 71.4 Å². The van der Waals surface area contributed by atoms with Crippen LogP contribution in [0.15, 0.2) is 54.6 Å². The summed E-state index contributed by atoms with van der Waals surface area (Å²) < 4.78 is 1.76. The van der Waals surface area contributed by atoms with Gasteiger partial charge in [0.2, 0.25) is 5.91 Å². The molecule has 2 N–H and O–H groups in total. The van der Waals surface area contributed by atoms with Crippen molar-refractivity contribution >= 4 is 23.4 Å². The summed E-state index contributed by atoms with van der Waals surface area (Å²) in [6, 6.07) is 17.4. The molecule has 0 saturated heterocycles. The van der Waals surface area contributed by atoms with Crippen molar-refractivity contribution < 1.29 is 9.59 Å². The highest BCUT2D eigenvalue weighted by molar-refractivity contribution is 5.96. The maximum atomic E-state index is 13.2. The molecule has 1 heterocycles. The van der Waals surface area contributed by atoms with E-state index in [1.807, 2.05) is 61.5 Å². The Balaban J connectivity index is 1.79. The highest BCUT2D eigenvalue weighted by Gasteiger charge is 2.23. The molecule has 0 fully saturated rings. The fourth-order valence-electron chi connectivity index (χ4n) is 3.78. The minimum absolute atomic E-state index is 0.0529. The number of nitrogens with one attached hydrogen (secondary N) is 2. The average molecular weight is 490 g/mol. The van der Waals surface area contributed by atoms with Crippen LogP contribution in [0, 0.1) is 6.92 Å². The van der Waals surface area contributed by atoms with E-state index < -0.39 is 0 Å². The zero-order valence-corrected chi connectivity index (χ0v) is 22.4. The van der Waals surface area contributed by atoms with E-state index in [1.165, 1.54) is 5.56 Å². The zero-order valence-electron chi connectivity index (χ0n) is 22.4. The van der Waals surface area contributed by atoms with Crippen LogP contribution in [0.1, 0.15) is 64.3 Å². The Morgan fingerprint density at radius 3 is 2.33 bits per heavy atom. The van der Waals surface area contributed by atoms with Gasteiger partial charge in [-0.15, -0.1) is 0 Å². The number of unbranched alkanes of at least 4 members (excludes halogenated alkanes) is 1. The van der Waals surface area contributed by atoms with E-state index in [2.05, 4.69) is 45.3 Å². The summed E-state index contributed by atoms with van der Waals surface area (Å²) in [5.74, 6) is 0.318. The first kappa shape index (κ1) is 27.0. The Bertz CT molecular complexity index is 1180. The van der Waals surface area contributed by atoms with Crippen LogP contribution in [-0.2, 0) is 16.6 Å². The number of rotatable bonds is 9. The Hall–Kier alpha value is -3.61. The molecule has 0 aliphatic heterocycles. The molecule has 2 aromatic carbocycles. The lowest BCUT2D eigenvalue weighted by Crippen LogP contribution is -2.41. The van der Waals surface area contributed by atoms with Crippen molar-refractivity contribution in [2.24, 2.45) is 0 Å². The van der Waals surface area contributed by atoms with Gasteiger partial charge in [0.05, 0.1) is 11.4 Å². The summed E-state index contributed by atoms with van der Waals surface area (Å²) in [5, 5.41) is 10.7. The fraction of sp³-hybridized carbons (Fsp3) is 0.414. The van der Waals surface area contributed by atoms with E-state index in [0.717, 1.165) is 36.2 Å². The van der Waals surface area contributed by atoms with Crippen LogP contribution in [0.3, 0.4) is 0 Å². The number of carbonyl (C=O) groups is 2. The van der Waals surface area contributed by atoms with Crippen LogP contribution < -0.4 is 10.6 Å². The number of aromatic nitrogens is 2. The second-order valence-corrected chi connectivity index (χ2v) is 10.2. The van der Waals surface area contributed by atoms with Crippen LogP contribution in [-0.4, -0.2) is 39.7 Å². The molecule has 7 heteroatoms. The molecule has 1 aromatic heterocycles. The molecule has 0 radical (unpaired) electrons. The Labute approximate surface area is 214 Å². The predicted octanol–water partition coefficient (Wildman–Crippen LogP) is 6.31. The zero-order chi connectivity index (χ0) is 26.3. The molecular weight excluding hydrogens is 450 g/mol. The van der Waals surface area contributed by atoms with E-state index in [0.29, 0.717) is 18.1 Å². The number of amides is 3. The molecule has 3 aromatic rings. The number of hydrogen-bond donors (Lipinski definition) is 2. The minimum Gasteiger partial charge on any atom is -0.315 e. The van der Waals surface area contributed by atoms with Gasteiger partial charge in [-0.1, -0.05) is 65.3 Å². The molecule has 0 atom stereocenters. The van der Waals surface area contributed by atoms with Crippen LogP contribution in [0.5, 0.6) is 0 Å². The van der Waals surface area contributed by atoms with Crippen LogP contribution >= 0.6 is 0 Å². The first-order valence-electron chi connectivity index (χ1n) is 12.7. The average Bonchev–Trinajstić information content (AvgIpc) is 3.26. The van der Waals surface area contributed by atoms with E-state index in [1.54, 1.807) is 9.58 Å². The largest absolute Gasteiger partial charge is 0.322 e. The van der Waals surface area contributed by atoms with Gasteiger partial charge in [-0.25, -0.2) is 9.48 Å². The lowest BCUT2D eigenvalue weighted by atomic mass is 9.92. The highest BCUT2D eigenvalue weighted by atomic mass is 16.2. The van der Waals surface area contributed by atoms with Crippen molar-refractivity contribution in [3.63, 3.8) is 0 Å². The number of nitrogens with zero attached hydrogens (tertiary/aromatic N) is 3. The van der Waals surface area contributed by atoms with Gasteiger partial charge in [0.1, 0.15) is 12.4 Å². The van der Waals surface area contributed by atoms with E-state index in [9.17, 15) is 9.59 Å². The Morgan fingerprint density at radius 2 is 1.72 bits per heavy atom. The SMILES string of the molecule is CCCCN(CC(=O)Nc1cc(C(C)(C)C)nn1-c1cccc(C)c1)C(=O)Nc1ccc(CC)cc1. The summed E-state index contributed by atoms with van der Waals surface area (Å²) in [7, 11) is 0. The van der Waals surface area contributed by atoms with Crippen molar-refractivity contribution in [2.75, 3.05) is 23.7 Å². The molecule has 0 unspecified atom stereocenters. The fourth-order valence-corrected chi connectivity index (χ4v) is 3.78. The molecule has 0 aliphatic carbocycles. The lowest BCUT2D eigenvalue weighted by molar-refractivity contribution is -0.116. The van der Waals surface area contributed by atoms with Gasteiger partial charge >= 0.3 is 6.03 Å². The van der Waals surface area contributed by atoms with Crippen molar-refractivity contribution in [2.45, 2.75) is 66.2 Å². The third-order valence-corrected chi connectivity index (χ3v) is 6.01. The van der Waals surface area contributed by atoms with Gasteiger partial charge < -0.3 is 15.5 Å². The van der Waals surface area contributed by atoms with Gasteiger partial charge in [0, 0.05) is 23.7 Å². The van der Waals surface area contributed by atoms with Crippen molar-refractivity contribution in [3.8, 4) is 5.69 Å². The molecule has 0 saturated carbocycles. The third-order valence-electron chi connectivity index (χ3n) is 6.01. The normalized spacial score (nSPS) is 11.3. The van der Waals surface area contributed by atoms with Crippen molar-refractivity contribution in [1.82, 2.24) is 14.7 Å². The molecular formula is C29H39N5O2. The third kappa shape index (κ3) is 7.20. The highest BCUT2D eigenvalue weighted by Crippen LogP contribution is 2.26. The van der Waals surface area contributed by atoms with Crippen LogP contribution in [0.2, 0.25) is 0 Å². The number of aryl methyl sites for hydroxylation is 2. The Morgan fingerprint density at radius 1 is 1.00 bits per heavy atom. The van der Waals surface area contributed by atoms with E-state index in [4.69, 9.17) is 5.10 Å². The summed E-state index contributed by atoms with van der Waals surface area (Å²) in [6.07, 6.45) is 2.67. The van der Waals surface area contributed by atoms with E-state index >= 15 is 0 Å². The molecule has 192 valence electrons. The van der Waals surface area contributed by atoms with Crippen molar-refractivity contribution in [1.29, 1.82) is 0 Å². The van der Waals surface area contributed by atoms with Gasteiger partial charge in [0.15, 0.2) is 0 Å². The van der Waals surface area contributed by atoms with Crippen LogP contribution in [0.25, 0.3) is 5.69 Å². The molecule has 0 aliphatic rings. The standard InChI is InChI=1S/C29H39N5O2/c1-7-9-17-33(28(36)30-23-15-13-22(8-2)14-16-23)20-27(35)31-26-19-25(29(4,5)6)32-34(26)24-12-10-11-21(3)18-24/h10-16,18-19H,7-9,17,20H2,1-6H3,(H,30,36)(H,31,35). The number of benzene rings is 2. The molecule has 36 heavy (non-hydrogen) atoms. The maximum Gasteiger partial charge on any atom is 0.322 e. The number of carbonyl (C=O) groups excluding carboxylic acids is 2. The maximum absolute atomic E-state index is 13.2. The topological polar surface area (TPSA) is 79.3 Å². The summed E-state index contributed by atoms with van der Waals surface area (Å²) >= 11 is 0. The van der Waals surface area contributed by atoms with Gasteiger partial charge in [-0.3, -0.25) is 4.79 Å². The monoisotopic (exact) mass is 489 g/mol. The minimum atomic E-state index is -0.287. The molecule has 0 bridgehead atoms. The van der Waals surface area contributed by atoms with Gasteiger partial charge in [-0.2, -0.15) is 5.10 Å². The lowest BCUT2D eigenvalue weighted by Gasteiger charge is -2.22. The molecule has 3 rings (SSSR count). The molecule has 3 amide bonds. The Kier molecular flexibility index (Phi) is 8.91. The summed E-state index contributed by atoms with van der Waals surface area (Å²) in [6.45, 7) is 12.9. The first-order chi connectivity index (χ1) is 17.1. The first-order valence-corrected chi connectivity index (χ1v) is 12.7. The molecule has 7 nitrogen and oxygen atoms in total. The smallest absolute Gasteiger partial charge is 0.315 e. The molecule has 0 spiro atoms. The number of hydrogen-bond acceptors (Lipinski definition) is 3. The van der Waals surface area contributed by atoms with Gasteiger partial charge in [-0.05, 0) is 55.2 Å². The van der Waals surface area contributed by atoms with Gasteiger partial charge in [0.25, 0.3) is 0 Å².